The van der Waals surface area contributed by atoms with Crippen LogP contribution in [0.4, 0.5) is 0 Å². The van der Waals surface area contributed by atoms with Crippen molar-refractivity contribution in [3.05, 3.63) is 36.5 Å². The van der Waals surface area contributed by atoms with Gasteiger partial charge in [0.15, 0.2) is 6.29 Å². The number of carbonyl (C=O) groups excluding carboxylic acids is 1. The third-order valence-corrected chi connectivity index (χ3v) is 17.5. The fourth-order valence-electron chi connectivity index (χ4n) is 11.8. The molecule has 0 aromatic rings. The van der Waals surface area contributed by atoms with Gasteiger partial charge in [0.05, 0.1) is 25.4 Å². The Hall–Kier alpha value is -1.59. The van der Waals surface area contributed by atoms with Crippen LogP contribution in [0, 0.1) is 0 Å². The Kier molecular flexibility index (Phi) is 59.7. The van der Waals surface area contributed by atoms with Gasteiger partial charge in [-0.3, -0.25) is 4.79 Å². The van der Waals surface area contributed by atoms with Crippen molar-refractivity contribution in [1.82, 2.24) is 5.32 Å². The molecule has 0 aromatic carbocycles. The predicted molar refractivity (Wildman–Crippen MR) is 350 cm³/mol. The first-order valence-corrected chi connectivity index (χ1v) is 36.2. The van der Waals surface area contributed by atoms with Crippen molar-refractivity contribution in [3.63, 3.8) is 0 Å². The number of ether oxygens (including phenoxy) is 2. The van der Waals surface area contributed by atoms with Gasteiger partial charge in [-0.05, 0) is 51.4 Å². The van der Waals surface area contributed by atoms with E-state index in [1.807, 2.05) is 6.08 Å². The van der Waals surface area contributed by atoms with Crippen LogP contribution in [0.5, 0.6) is 0 Å². The van der Waals surface area contributed by atoms with Gasteiger partial charge in [-0.25, -0.2) is 0 Å². The summed E-state index contributed by atoms with van der Waals surface area (Å²) in [4.78, 5) is 13.1. The molecule has 1 aliphatic heterocycles. The molecule has 484 valence electrons. The predicted octanol–water partition coefficient (Wildman–Crippen LogP) is 19.8. The van der Waals surface area contributed by atoms with Gasteiger partial charge in [0.1, 0.15) is 24.4 Å². The molecular formula is C73H139NO8. The highest BCUT2D eigenvalue weighted by atomic mass is 16.7. The highest BCUT2D eigenvalue weighted by Gasteiger charge is 2.44. The summed E-state index contributed by atoms with van der Waals surface area (Å²) >= 11 is 0. The van der Waals surface area contributed by atoms with Gasteiger partial charge in [0, 0.05) is 6.42 Å². The standard InChI is InChI=1S/C73H139NO8/c1-3-5-7-9-11-13-15-17-19-21-23-24-25-26-27-28-29-30-31-32-33-34-35-36-37-38-39-40-41-42-43-44-45-47-49-51-53-55-57-59-61-63-69(77)74-66(65-81-73-72(80)71(79)70(78)68(64-75)82-73)67(76)62-60-58-56-54-52-50-48-46-22-20-18-16-14-12-10-8-6-4-2/h15,17,21,23,60,62,66-68,70-73,75-76,78-80H,3-14,16,18-20,22,24-59,61,63-65H2,1-2H3,(H,74,77)/b17-15-,23-21-,62-60+. The number of carbonyl (C=O) groups is 1. The van der Waals surface area contributed by atoms with Crippen LogP contribution in [0.2, 0.25) is 0 Å². The maximum atomic E-state index is 13.1. The Morgan fingerprint density at radius 3 is 1.05 bits per heavy atom. The fraction of sp³-hybridized carbons (Fsp3) is 0.904. The van der Waals surface area contributed by atoms with E-state index < -0.39 is 49.5 Å². The lowest BCUT2D eigenvalue weighted by atomic mass is 9.99. The second kappa shape index (κ2) is 62.5. The largest absolute Gasteiger partial charge is 0.394 e. The summed E-state index contributed by atoms with van der Waals surface area (Å²) in [5, 5.41) is 54.7. The lowest BCUT2D eigenvalue weighted by Gasteiger charge is -2.40. The molecule has 7 atom stereocenters. The first kappa shape index (κ1) is 78.4. The van der Waals surface area contributed by atoms with E-state index >= 15 is 0 Å². The van der Waals surface area contributed by atoms with Crippen molar-refractivity contribution in [2.75, 3.05) is 13.2 Å². The third-order valence-electron chi connectivity index (χ3n) is 17.5. The molecule has 0 aromatic heterocycles. The van der Waals surface area contributed by atoms with E-state index in [0.29, 0.717) is 6.42 Å². The summed E-state index contributed by atoms with van der Waals surface area (Å²) in [5.74, 6) is -0.169. The van der Waals surface area contributed by atoms with Gasteiger partial charge in [-0.1, -0.05) is 346 Å². The van der Waals surface area contributed by atoms with E-state index in [0.717, 1.165) is 44.9 Å². The number of hydrogen-bond donors (Lipinski definition) is 6. The molecule has 9 nitrogen and oxygen atoms in total. The number of allylic oxidation sites excluding steroid dienone is 5. The normalized spacial score (nSPS) is 18.5. The van der Waals surface area contributed by atoms with Gasteiger partial charge in [-0.2, -0.15) is 0 Å². The molecule has 9 heteroatoms. The van der Waals surface area contributed by atoms with E-state index in [-0.39, 0.29) is 12.5 Å². The van der Waals surface area contributed by atoms with Gasteiger partial charge < -0.3 is 40.3 Å². The van der Waals surface area contributed by atoms with Crippen LogP contribution < -0.4 is 5.32 Å². The topological polar surface area (TPSA) is 149 Å². The second-order valence-corrected chi connectivity index (χ2v) is 25.4. The van der Waals surface area contributed by atoms with Crippen LogP contribution in [0.1, 0.15) is 367 Å². The maximum Gasteiger partial charge on any atom is 0.220 e. The van der Waals surface area contributed by atoms with Gasteiger partial charge in [-0.15, -0.1) is 0 Å². The minimum Gasteiger partial charge on any atom is -0.394 e. The van der Waals surface area contributed by atoms with Gasteiger partial charge >= 0.3 is 0 Å². The van der Waals surface area contributed by atoms with Crippen LogP contribution in [0.3, 0.4) is 0 Å². The molecule has 0 bridgehead atoms. The fourth-order valence-corrected chi connectivity index (χ4v) is 11.8. The Morgan fingerprint density at radius 1 is 0.415 bits per heavy atom. The highest BCUT2D eigenvalue weighted by Crippen LogP contribution is 2.24. The number of unbranched alkanes of at least 4 members (excludes halogenated alkanes) is 50. The molecule has 1 rings (SSSR count). The van der Waals surface area contributed by atoms with E-state index in [2.05, 4.69) is 43.5 Å². The summed E-state index contributed by atoms with van der Waals surface area (Å²) in [6, 6.07) is -0.803. The summed E-state index contributed by atoms with van der Waals surface area (Å²) in [6.45, 7) is 3.81. The zero-order chi connectivity index (χ0) is 59.3. The van der Waals surface area contributed by atoms with Crippen molar-refractivity contribution in [2.45, 2.75) is 410 Å². The average molecular weight is 1160 g/mol. The van der Waals surface area contributed by atoms with Crippen LogP contribution in [0.15, 0.2) is 36.5 Å². The number of nitrogens with one attached hydrogen (secondary N) is 1. The molecule has 0 saturated carbocycles. The molecule has 82 heavy (non-hydrogen) atoms. The Balaban J connectivity index is 2.02. The summed E-state index contributed by atoms with van der Waals surface area (Å²) in [6.07, 6.45) is 77.0. The quantitative estimate of drug-likeness (QED) is 0.0261. The number of aliphatic hydroxyl groups is 5. The van der Waals surface area contributed by atoms with Gasteiger partial charge in [0.2, 0.25) is 5.91 Å². The van der Waals surface area contributed by atoms with Crippen molar-refractivity contribution < 1.29 is 39.8 Å². The Morgan fingerprint density at radius 2 is 0.720 bits per heavy atom. The first-order chi connectivity index (χ1) is 40.3. The molecule has 0 radical (unpaired) electrons. The first-order valence-electron chi connectivity index (χ1n) is 36.2. The molecule has 1 saturated heterocycles. The zero-order valence-corrected chi connectivity index (χ0v) is 54.3. The summed E-state index contributed by atoms with van der Waals surface area (Å²) in [5.41, 5.74) is 0. The van der Waals surface area contributed by atoms with Crippen molar-refractivity contribution >= 4 is 5.91 Å². The van der Waals surface area contributed by atoms with Crippen LogP contribution >= 0.6 is 0 Å². The number of hydrogen-bond acceptors (Lipinski definition) is 8. The molecule has 6 N–H and O–H groups in total. The van der Waals surface area contributed by atoms with E-state index in [4.69, 9.17) is 9.47 Å². The lowest BCUT2D eigenvalue weighted by Crippen LogP contribution is -2.60. The van der Waals surface area contributed by atoms with Crippen LogP contribution in [-0.2, 0) is 14.3 Å². The monoisotopic (exact) mass is 1160 g/mol. The maximum absolute atomic E-state index is 13.1. The number of rotatable bonds is 64. The highest BCUT2D eigenvalue weighted by molar-refractivity contribution is 5.76. The van der Waals surface area contributed by atoms with Crippen LogP contribution in [-0.4, -0.2) is 87.5 Å². The SMILES string of the molecule is CCCCCCC/C=C\C/C=C\CCCCCCCCCCCCCCCCCCCCCCCCCCCCCCCC(=O)NC(COC1OC(CO)C(O)C(O)C1O)C(O)/C=C/CCCCCCCCCCCCCCCCCC. The van der Waals surface area contributed by atoms with Crippen molar-refractivity contribution in [1.29, 1.82) is 0 Å². The smallest absolute Gasteiger partial charge is 0.220 e. The van der Waals surface area contributed by atoms with Gasteiger partial charge in [0.25, 0.3) is 0 Å². The Bertz CT molecular complexity index is 1390. The summed E-state index contributed by atoms with van der Waals surface area (Å²) < 4.78 is 11.3. The summed E-state index contributed by atoms with van der Waals surface area (Å²) in [7, 11) is 0. The van der Waals surface area contributed by atoms with Crippen LogP contribution in [0.25, 0.3) is 0 Å². The third kappa shape index (κ3) is 50.6. The Labute approximate surface area is 508 Å². The average Bonchev–Trinajstić information content (AvgIpc) is 3.57. The van der Waals surface area contributed by atoms with Crippen molar-refractivity contribution in [2.24, 2.45) is 0 Å². The molecule has 0 spiro atoms. The number of aliphatic hydroxyl groups excluding tert-OH is 5. The number of amides is 1. The zero-order valence-electron chi connectivity index (χ0n) is 54.3. The molecule has 1 amide bonds. The minimum atomic E-state index is -1.57. The van der Waals surface area contributed by atoms with E-state index in [9.17, 15) is 30.3 Å². The second-order valence-electron chi connectivity index (χ2n) is 25.4. The van der Waals surface area contributed by atoms with E-state index in [1.54, 1.807) is 6.08 Å². The molecule has 1 heterocycles. The van der Waals surface area contributed by atoms with E-state index in [1.165, 1.54) is 302 Å². The van der Waals surface area contributed by atoms with Crippen molar-refractivity contribution in [3.8, 4) is 0 Å². The molecule has 1 aliphatic rings. The minimum absolute atomic E-state index is 0.169. The lowest BCUT2D eigenvalue weighted by molar-refractivity contribution is -0.302. The molecule has 1 fully saturated rings. The molecule has 7 unspecified atom stereocenters. The molecule has 0 aliphatic carbocycles. The molecular weight excluding hydrogens is 1020 g/mol.